The van der Waals surface area contributed by atoms with Gasteiger partial charge in [0.15, 0.2) is 23.6 Å². The second-order valence-electron chi connectivity index (χ2n) is 6.80. The number of ether oxygens (including phenoxy) is 2. The molecule has 0 aliphatic carbocycles. The summed E-state index contributed by atoms with van der Waals surface area (Å²) in [6.45, 7) is -0.167. The van der Waals surface area contributed by atoms with Gasteiger partial charge in [-0.2, -0.15) is 5.11 Å². The highest BCUT2D eigenvalue weighted by Crippen LogP contribution is 2.35. The summed E-state index contributed by atoms with van der Waals surface area (Å²) in [6, 6.07) is 7.86. The predicted octanol–water partition coefficient (Wildman–Crippen LogP) is 1.49. The van der Waals surface area contributed by atoms with Crippen molar-refractivity contribution >= 4 is 29.1 Å². The number of carbonyl (C=O) groups excluding carboxylic acids is 3. The molecule has 3 aliphatic rings. The average Bonchev–Trinajstić information content (AvgIpc) is 3.41. The molecule has 2 aromatic carbocycles. The summed E-state index contributed by atoms with van der Waals surface area (Å²) >= 11 is 0. The highest BCUT2D eigenvalue weighted by Gasteiger charge is 2.55. The monoisotopic (exact) mass is 411 g/mol. The van der Waals surface area contributed by atoms with Crippen LogP contribution in [0.1, 0.15) is 0 Å². The number of amides is 3. The maximum atomic E-state index is 13.2. The molecule has 5 rings (SSSR count). The maximum Gasteiger partial charge on any atom is 0.263 e. The van der Waals surface area contributed by atoms with Crippen molar-refractivity contribution in [2.24, 2.45) is 10.3 Å². The van der Waals surface area contributed by atoms with Gasteiger partial charge in [-0.15, -0.1) is 0 Å². The number of rotatable bonds is 4. The topological polar surface area (TPSA) is 113 Å². The van der Waals surface area contributed by atoms with Crippen molar-refractivity contribution in [2.75, 3.05) is 23.6 Å². The molecule has 0 spiro atoms. The number of hydrogen-bond donors (Lipinski definition) is 1. The molecule has 3 heterocycles. The smallest absolute Gasteiger partial charge is 0.263 e. The molecule has 0 radical (unpaired) electrons. The van der Waals surface area contributed by atoms with E-state index in [0.29, 0.717) is 17.2 Å². The van der Waals surface area contributed by atoms with Crippen molar-refractivity contribution in [1.29, 1.82) is 0 Å². The summed E-state index contributed by atoms with van der Waals surface area (Å²) in [7, 11) is 0. The Morgan fingerprint density at radius 2 is 1.87 bits per heavy atom. The molecule has 0 aromatic heterocycles. The lowest BCUT2D eigenvalue weighted by Crippen LogP contribution is -2.43. The zero-order chi connectivity index (χ0) is 20.8. The Morgan fingerprint density at radius 1 is 1.10 bits per heavy atom. The summed E-state index contributed by atoms with van der Waals surface area (Å²) in [6.07, 6.45) is 0. The quantitative estimate of drug-likeness (QED) is 0.763. The highest BCUT2D eigenvalue weighted by atomic mass is 19.1. The number of carbonyl (C=O) groups is 3. The van der Waals surface area contributed by atoms with Crippen LogP contribution in [0.3, 0.4) is 0 Å². The SMILES string of the molecule is O=C(CN1N=N[C@H]2C(=O)N(c3ccc(F)cc3)C(=O)[C@@H]21)Nc1ccc2c(c1)OCO2. The molecule has 10 nitrogen and oxygen atoms in total. The van der Waals surface area contributed by atoms with Crippen LogP contribution in [0, 0.1) is 5.82 Å². The molecule has 1 N–H and O–H groups in total. The lowest BCUT2D eigenvalue weighted by Gasteiger charge is -2.20. The van der Waals surface area contributed by atoms with Crippen LogP contribution in [-0.2, 0) is 14.4 Å². The van der Waals surface area contributed by atoms with Gasteiger partial charge in [-0.25, -0.2) is 9.29 Å². The van der Waals surface area contributed by atoms with Crippen LogP contribution in [0.5, 0.6) is 11.5 Å². The van der Waals surface area contributed by atoms with E-state index in [2.05, 4.69) is 15.7 Å². The first-order valence-electron chi connectivity index (χ1n) is 9.01. The summed E-state index contributed by atoms with van der Waals surface area (Å²) < 4.78 is 23.7. The number of halogens is 1. The third-order valence-corrected chi connectivity index (χ3v) is 4.90. The number of nitrogens with zero attached hydrogens (tertiary/aromatic N) is 4. The van der Waals surface area contributed by atoms with Gasteiger partial charge in [0.1, 0.15) is 12.4 Å². The van der Waals surface area contributed by atoms with E-state index in [1.807, 2.05) is 0 Å². The zero-order valence-corrected chi connectivity index (χ0v) is 15.3. The molecular weight excluding hydrogens is 397 g/mol. The minimum atomic E-state index is -1.04. The van der Waals surface area contributed by atoms with Crippen LogP contribution in [0.25, 0.3) is 0 Å². The van der Waals surface area contributed by atoms with E-state index >= 15 is 0 Å². The molecule has 152 valence electrons. The Hall–Kier alpha value is -4.02. The number of anilines is 2. The first-order valence-corrected chi connectivity index (χ1v) is 9.01. The molecule has 3 amide bonds. The third-order valence-electron chi connectivity index (χ3n) is 4.90. The van der Waals surface area contributed by atoms with Crippen LogP contribution in [0.4, 0.5) is 15.8 Å². The molecule has 11 heteroatoms. The van der Waals surface area contributed by atoms with Gasteiger partial charge in [0.2, 0.25) is 12.7 Å². The standard InChI is InChI=1S/C19H14FN5O5/c20-10-1-4-12(5-2-10)25-18(27)16-17(19(25)28)24(23-22-16)8-15(26)21-11-3-6-13-14(7-11)30-9-29-13/h1-7,16-17H,8-9H2,(H,21,26)/t16-,17-/m1/s1. The van der Waals surface area contributed by atoms with Gasteiger partial charge in [-0.05, 0) is 36.4 Å². The highest BCUT2D eigenvalue weighted by molar-refractivity contribution is 6.25. The van der Waals surface area contributed by atoms with E-state index in [9.17, 15) is 18.8 Å². The van der Waals surface area contributed by atoms with E-state index in [1.54, 1.807) is 18.2 Å². The first kappa shape index (κ1) is 18.0. The van der Waals surface area contributed by atoms with E-state index in [4.69, 9.17) is 9.47 Å². The number of nitrogens with one attached hydrogen (secondary N) is 1. The minimum absolute atomic E-state index is 0.116. The summed E-state index contributed by atoms with van der Waals surface area (Å²) in [5.74, 6) is -0.981. The van der Waals surface area contributed by atoms with Crippen LogP contribution < -0.4 is 19.7 Å². The molecule has 1 fully saturated rings. The van der Waals surface area contributed by atoms with Crippen molar-refractivity contribution in [3.63, 3.8) is 0 Å². The van der Waals surface area contributed by atoms with E-state index in [-0.39, 0.29) is 19.0 Å². The second kappa shape index (κ2) is 6.79. The maximum absolute atomic E-state index is 13.2. The lowest BCUT2D eigenvalue weighted by atomic mass is 10.1. The predicted molar refractivity (Wildman–Crippen MR) is 99.2 cm³/mol. The van der Waals surface area contributed by atoms with Gasteiger partial charge < -0.3 is 14.8 Å². The molecule has 1 saturated heterocycles. The summed E-state index contributed by atoms with van der Waals surface area (Å²) in [5.41, 5.74) is 0.722. The molecule has 2 atom stereocenters. The van der Waals surface area contributed by atoms with Crippen LogP contribution >= 0.6 is 0 Å². The molecule has 2 aromatic rings. The van der Waals surface area contributed by atoms with Gasteiger partial charge >= 0.3 is 0 Å². The second-order valence-corrected chi connectivity index (χ2v) is 6.80. The lowest BCUT2D eigenvalue weighted by molar-refractivity contribution is -0.123. The van der Waals surface area contributed by atoms with Gasteiger partial charge in [0, 0.05) is 11.8 Å². The van der Waals surface area contributed by atoms with Crippen LogP contribution in [0.15, 0.2) is 52.8 Å². The number of hydrogen-bond acceptors (Lipinski definition) is 8. The molecule has 0 bridgehead atoms. The van der Waals surface area contributed by atoms with Gasteiger partial charge in [0.05, 0.1) is 5.69 Å². The minimum Gasteiger partial charge on any atom is -0.454 e. The number of imide groups is 1. The normalized spacial score (nSPS) is 21.4. The number of benzene rings is 2. The Morgan fingerprint density at radius 3 is 2.67 bits per heavy atom. The largest absolute Gasteiger partial charge is 0.454 e. The van der Waals surface area contributed by atoms with E-state index in [1.165, 1.54) is 17.1 Å². The van der Waals surface area contributed by atoms with Crippen LogP contribution in [0.2, 0.25) is 0 Å². The Labute approximate surface area is 168 Å². The Kier molecular flexibility index (Phi) is 4.09. The fourth-order valence-electron chi connectivity index (χ4n) is 3.52. The summed E-state index contributed by atoms with van der Waals surface area (Å²) in [5, 5.41) is 11.5. The fourth-order valence-corrected chi connectivity index (χ4v) is 3.52. The summed E-state index contributed by atoms with van der Waals surface area (Å²) in [4.78, 5) is 38.9. The fraction of sp³-hybridized carbons (Fsp3) is 0.211. The molecular formula is C19H14FN5O5. The van der Waals surface area contributed by atoms with Crippen molar-refractivity contribution in [2.45, 2.75) is 12.1 Å². The molecule has 0 saturated carbocycles. The van der Waals surface area contributed by atoms with Crippen LogP contribution in [-0.4, -0.2) is 48.2 Å². The van der Waals surface area contributed by atoms with Gasteiger partial charge in [0.25, 0.3) is 11.8 Å². The zero-order valence-electron chi connectivity index (χ0n) is 15.3. The Bertz CT molecular complexity index is 1090. The molecule has 3 aliphatic heterocycles. The Balaban J connectivity index is 1.29. The third kappa shape index (κ3) is 2.91. The van der Waals surface area contributed by atoms with E-state index < -0.39 is 35.6 Å². The average molecular weight is 411 g/mol. The van der Waals surface area contributed by atoms with Crippen molar-refractivity contribution in [3.8, 4) is 11.5 Å². The molecule has 0 unspecified atom stereocenters. The number of fused-ring (bicyclic) bond motifs is 2. The van der Waals surface area contributed by atoms with Gasteiger partial charge in [-0.1, -0.05) is 5.22 Å². The van der Waals surface area contributed by atoms with Crippen molar-refractivity contribution < 1.29 is 28.2 Å². The van der Waals surface area contributed by atoms with Gasteiger partial charge in [-0.3, -0.25) is 19.4 Å². The van der Waals surface area contributed by atoms with Crippen molar-refractivity contribution in [1.82, 2.24) is 5.01 Å². The molecule has 30 heavy (non-hydrogen) atoms. The first-order chi connectivity index (χ1) is 14.5. The van der Waals surface area contributed by atoms with Crippen molar-refractivity contribution in [3.05, 3.63) is 48.3 Å². The van der Waals surface area contributed by atoms with E-state index in [0.717, 1.165) is 17.0 Å².